The Balaban J connectivity index is 2.79. The monoisotopic (exact) mass is 279 g/mol. The number of aliphatic hydroxyl groups is 1. The molecule has 106 valence electrons. The number of methoxy groups -OCH3 is 1. The molecule has 1 aromatic rings. The van der Waals surface area contributed by atoms with Crippen molar-refractivity contribution in [3.05, 3.63) is 35.1 Å². The van der Waals surface area contributed by atoms with E-state index in [2.05, 4.69) is 21.9 Å². The zero-order valence-corrected chi connectivity index (χ0v) is 10.9. The number of amides is 1. The fraction of sp³-hybridized carbons (Fsp3) is 0.286. The van der Waals surface area contributed by atoms with Crippen LogP contribution in [0.15, 0.2) is 18.2 Å². The molecule has 0 aliphatic heterocycles. The van der Waals surface area contributed by atoms with Crippen LogP contribution in [0.3, 0.4) is 0 Å². The number of halogens is 1. The van der Waals surface area contributed by atoms with Crippen LogP contribution in [0.2, 0.25) is 0 Å². The number of carbonyl (C=O) groups is 2. The molecular weight excluding hydrogens is 265 g/mol. The molecule has 20 heavy (non-hydrogen) atoms. The Bertz CT molecular complexity index is 560. The standard InChI is InChI=1S/C14H14FNO4/c1-20-13(18)6-7-16-14(19)12-5-4-11(15)9-10(12)3-2-8-17/h4-5,9,17H,6-8H2,1H3,(H,16,19). The van der Waals surface area contributed by atoms with Crippen LogP contribution in [0.4, 0.5) is 4.39 Å². The summed E-state index contributed by atoms with van der Waals surface area (Å²) in [4.78, 5) is 22.8. The molecule has 2 N–H and O–H groups in total. The average Bonchev–Trinajstić information content (AvgIpc) is 2.44. The third-order valence-electron chi connectivity index (χ3n) is 2.37. The molecule has 0 heterocycles. The van der Waals surface area contributed by atoms with Crippen molar-refractivity contribution in [2.24, 2.45) is 0 Å². The molecule has 6 heteroatoms. The van der Waals surface area contributed by atoms with Gasteiger partial charge in [0.05, 0.1) is 19.1 Å². The van der Waals surface area contributed by atoms with Gasteiger partial charge in [-0.1, -0.05) is 11.8 Å². The highest BCUT2D eigenvalue weighted by Gasteiger charge is 2.11. The summed E-state index contributed by atoms with van der Waals surface area (Å²) in [5.41, 5.74) is 0.354. The molecule has 0 aromatic heterocycles. The van der Waals surface area contributed by atoms with E-state index < -0.39 is 17.7 Å². The first-order valence-corrected chi connectivity index (χ1v) is 5.82. The molecule has 1 aromatic carbocycles. The van der Waals surface area contributed by atoms with Gasteiger partial charge in [-0.2, -0.15) is 0 Å². The molecule has 0 aliphatic carbocycles. The molecule has 5 nitrogen and oxygen atoms in total. The third kappa shape index (κ3) is 4.71. The van der Waals surface area contributed by atoms with E-state index in [0.717, 1.165) is 12.1 Å². The summed E-state index contributed by atoms with van der Waals surface area (Å²) in [6.45, 7) is -0.282. The maximum atomic E-state index is 13.1. The Morgan fingerprint density at radius 1 is 1.45 bits per heavy atom. The predicted octanol–water partition coefficient (Wildman–Crippen LogP) is 0.462. The van der Waals surface area contributed by atoms with Gasteiger partial charge < -0.3 is 15.2 Å². The number of aliphatic hydroxyl groups excluding tert-OH is 1. The molecular formula is C14H14FNO4. The van der Waals surface area contributed by atoms with Crippen LogP contribution in [-0.4, -0.2) is 37.2 Å². The lowest BCUT2D eigenvalue weighted by molar-refractivity contribution is -0.140. The van der Waals surface area contributed by atoms with Crippen LogP contribution >= 0.6 is 0 Å². The Morgan fingerprint density at radius 2 is 2.20 bits per heavy atom. The van der Waals surface area contributed by atoms with E-state index in [1.165, 1.54) is 13.2 Å². The molecule has 0 aliphatic rings. The molecule has 1 amide bonds. The number of hydrogen-bond donors (Lipinski definition) is 2. The molecule has 0 bridgehead atoms. The molecule has 0 spiro atoms. The van der Waals surface area contributed by atoms with Gasteiger partial charge in [-0.05, 0) is 18.2 Å². The van der Waals surface area contributed by atoms with Gasteiger partial charge in [0.25, 0.3) is 5.91 Å². The molecule has 1 rings (SSSR count). The third-order valence-corrected chi connectivity index (χ3v) is 2.37. The van der Waals surface area contributed by atoms with E-state index in [9.17, 15) is 14.0 Å². The zero-order valence-electron chi connectivity index (χ0n) is 10.9. The molecule has 0 saturated heterocycles. The van der Waals surface area contributed by atoms with Crippen molar-refractivity contribution in [2.75, 3.05) is 20.3 Å². The largest absolute Gasteiger partial charge is 0.469 e. The van der Waals surface area contributed by atoms with E-state index in [-0.39, 0.29) is 30.7 Å². The van der Waals surface area contributed by atoms with Crippen molar-refractivity contribution in [1.82, 2.24) is 5.32 Å². The van der Waals surface area contributed by atoms with E-state index in [0.29, 0.717) is 0 Å². The normalized spacial score (nSPS) is 9.35. The van der Waals surface area contributed by atoms with Gasteiger partial charge in [-0.25, -0.2) is 4.39 Å². The average molecular weight is 279 g/mol. The molecule has 0 fully saturated rings. The summed E-state index contributed by atoms with van der Waals surface area (Å²) < 4.78 is 17.6. The van der Waals surface area contributed by atoms with Gasteiger partial charge in [0.2, 0.25) is 0 Å². The van der Waals surface area contributed by atoms with Crippen LogP contribution in [0.1, 0.15) is 22.3 Å². The molecule has 0 radical (unpaired) electrons. The first-order valence-electron chi connectivity index (χ1n) is 5.82. The second kappa shape index (κ2) is 7.92. The number of esters is 1. The lowest BCUT2D eigenvalue weighted by atomic mass is 10.1. The Kier molecular flexibility index (Phi) is 6.20. The minimum atomic E-state index is -0.529. The number of ether oxygens (including phenoxy) is 1. The van der Waals surface area contributed by atoms with Gasteiger partial charge in [0, 0.05) is 12.1 Å². The summed E-state index contributed by atoms with van der Waals surface area (Å²) in [5.74, 6) is 3.41. The minimum Gasteiger partial charge on any atom is -0.469 e. The van der Waals surface area contributed by atoms with Crippen LogP contribution in [-0.2, 0) is 9.53 Å². The van der Waals surface area contributed by atoms with Crippen LogP contribution in [0.5, 0.6) is 0 Å². The summed E-state index contributed by atoms with van der Waals surface area (Å²) >= 11 is 0. The SMILES string of the molecule is COC(=O)CCNC(=O)c1ccc(F)cc1C#CCO. The van der Waals surface area contributed by atoms with Crippen molar-refractivity contribution in [1.29, 1.82) is 0 Å². The van der Waals surface area contributed by atoms with Gasteiger partial charge in [0.15, 0.2) is 0 Å². The number of benzene rings is 1. The highest BCUT2D eigenvalue weighted by molar-refractivity contribution is 5.96. The van der Waals surface area contributed by atoms with Crippen molar-refractivity contribution in [3.8, 4) is 11.8 Å². The Hall–Kier alpha value is -2.39. The minimum absolute atomic E-state index is 0.0427. The summed E-state index contributed by atoms with van der Waals surface area (Å²) in [7, 11) is 1.26. The maximum Gasteiger partial charge on any atom is 0.307 e. The van der Waals surface area contributed by atoms with Crippen LogP contribution in [0.25, 0.3) is 0 Å². The Labute approximate surface area is 115 Å². The Morgan fingerprint density at radius 3 is 2.85 bits per heavy atom. The van der Waals surface area contributed by atoms with E-state index >= 15 is 0 Å². The molecule has 0 saturated carbocycles. The van der Waals surface area contributed by atoms with Gasteiger partial charge in [-0.15, -0.1) is 0 Å². The zero-order chi connectivity index (χ0) is 15.0. The van der Waals surface area contributed by atoms with Crippen molar-refractivity contribution in [3.63, 3.8) is 0 Å². The lowest BCUT2D eigenvalue weighted by Gasteiger charge is -2.06. The van der Waals surface area contributed by atoms with Gasteiger partial charge >= 0.3 is 5.97 Å². The summed E-state index contributed by atoms with van der Waals surface area (Å²) in [6.07, 6.45) is 0.0427. The fourth-order valence-corrected chi connectivity index (χ4v) is 1.43. The topological polar surface area (TPSA) is 75.6 Å². The van der Waals surface area contributed by atoms with Crippen molar-refractivity contribution < 1.29 is 23.8 Å². The van der Waals surface area contributed by atoms with E-state index in [1.54, 1.807) is 0 Å². The first-order chi connectivity index (χ1) is 9.58. The smallest absolute Gasteiger partial charge is 0.307 e. The molecule has 0 unspecified atom stereocenters. The van der Waals surface area contributed by atoms with E-state index in [4.69, 9.17) is 5.11 Å². The maximum absolute atomic E-state index is 13.1. The highest BCUT2D eigenvalue weighted by atomic mass is 19.1. The predicted molar refractivity (Wildman–Crippen MR) is 69.3 cm³/mol. The molecule has 0 atom stereocenters. The van der Waals surface area contributed by atoms with Crippen molar-refractivity contribution >= 4 is 11.9 Å². The van der Waals surface area contributed by atoms with Gasteiger partial charge in [0.1, 0.15) is 12.4 Å². The number of nitrogens with one attached hydrogen (secondary N) is 1. The second-order valence-electron chi connectivity index (χ2n) is 3.73. The van der Waals surface area contributed by atoms with Crippen LogP contribution in [0, 0.1) is 17.7 Å². The van der Waals surface area contributed by atoms with Crippen molar-refractivity contribution in [2.45, 2.75) is 6.42 Å². The second-order valence-corrected chi connectivity index (χ2v) is 3.73. The highest BCUT2D eigenvalue weighted by Crippen LogP contribution is 2.10. The quantitative estimate of drug-likeness (QED) is 0.620. The van der Waals surface area contributed by atoms with Crippen LogP contribution < -0.4 is 5.32 Å². The first kappa shape index (κ1) is 15.7. The number of rotatable bonds is 4. The lowest BCUT2D eigenvalue weighted by Crippen LogP contribution is -2.27. The van der Waals surface area contributed by atoms with E-state index in [1.807, 2.05) is 0 Å². The fourth-order valence-electron chi connectivity index (χ4n) is 1.43. The number of carbonyl (C=O) groups excluding carboxylic acids is 2. The summed E-state index contributed by atoms with van der Waals surface area (Å²) in [5, 5.41) is 11.1. The van der Waals surface area contributed by atoms with Gasteiger partial charge in [-0.3, -0.25) is 9.59 Å². The summed E-state index contributed by atoms with van der Waals surface area (Å²) in [6, 6.07) is 3.54. The number of hydrogen-bond acceptors (Lipinski definition) is 4.